The van der Waals surface area contributed by atoms with Gasteiger partial charge in [0.15, 0.2) is 0 Å². The molecule has 3 amide bonds. The number of nitrogens with two attached hydrogens (primary N) is 1. The Kier molecular flexibility index (Phi) is 8.21. The van der Waals surface area contributed by atoms with E-state index in [-0.39, 0.29) is 19.0 Å². The maximum Gasteiger partial charge on any atom is 0.243 e. The van der Waals surface area contributed by atoms with Crippen LogP contribution in [0.25, 0.3) is 0 Å². The monoisotopic (exact) mass is 332 g/mol. The fraction of sp³-hybridized carbons (Fsp3) is 0.353. The molecule has 0 aliphatic rings. The molecule has 0 saturated heterocycles. The SMILES string of the molecule is C=C(C)CNC(=O)CNC(=O)C(Cc1ccccc1)NC(=O)CN. The molecule has 0 fully saturated rings. The largest absolute Gasteiger partial charge is 0.351 e. The van der Waals surface area contributed by atoms with E-state index >= 15 is 0 Å². The third-order valence-corrected chi connectivity index (χ3v) is 3.13. The van der Waals surface area contributed by atoms with Crippen molar-refractivity contribution in [2.24, 2.45) is 5.73 Å². The second-order valence-electron chi connectivity index (χ2n) is 5.47. The van der Waals surface area contributed by atoms with Gasteiger partial charge in [0.05, 0.1) is 13.1 Å². The first-order valence-electron chi connectivity index (χ1n) is 7.64. The van der Waals surface area contributed by atoms with Gasteiger partial charge in [-0.05, 0) is 12.5 Å². The van der Waals surface area contributed by atoms with Gasteiger partial charge in [-0.1, -0.05) is 42.5 Å². The number of amides is 3. The Morgan fingerprint density at radius 1 is 1.08 bits per heavy atom. The second-order valence-corrected chi connectivity index (χ2v) is 5.47. The zero-order chi connectivity index (χ0) is 17.9. The number of hydrogen-bond acceptors (Lipinski definition) is 4. The van der Waals surface area contributed by atoms with Crippen LogP contribution in [0.2, 0.25) is 0 Å². The first kappa shape index (κ1) is 19.4. The molecule has 0 spiro atoms. The van der Waals surface area contributed by atoms with E-state index in [1.165, 1.54) is 0 Å². The lowest BCUT2D eigenvalue weighted by atomic mass is 10.1. The van der Waals surface area contributed by atoms with Crippen LogP contribution < -0.4 is 21.7 Å². The molecule has 1 unspecified atom stereocenters. The van der Waals surface area contributed by atoms with Gasteiger partial charge in [-0.2, -0.15) is 0 Å². The zero-order valence-electron chi connectivity index (χ0n) is 13.8. The molecular formula is C17H24N4O3. The third-order valence-electron chi connectivity index (χ3n) is 3.13. The van der Waals surface area contributed by atoms with Crippen molar-refractivity contribution in [1.29, 1.82) is 0 Å². The van der Waals surface area contributed by atoms with Crippen molar-refractivity contribution in [3.8, 4) is 0 Å². The summed E-state index contributed by atoms with van der Waals surface area (Å²) in [5, 5.41) is 7.70. The first-order valence-corrected chi connectivity index (χ1v) is 7.64. The second kappa shape index (κ2) is 10.2. The van der Waals surface area contributed by atoms with E-state index in [1.807, 2.05) is 30.3 Å². The number of carbonyl (C=O) groups excluding carboxylic acids is 3. The molecule has 0 bridgehead atoms. The number of nitrogens with one attached hydrogen (secondary N) is 3. The van der Waals surface area contributed by atoms with E-state index in [0.29, 0.717) is 13.0 Å². The highest BCUT2D eigenvalue weighted by atomic mass is 16.2. The van der Waals surface area contributed by atoms with Gasteiger partial charge in [0.25, 0.3) is 0 Å². The summed E-state index contributed by atoms with van der Waals surface area (Å²) >= 11 is 0. The van der Waals surface area contributed by atoms with Crippen LogP contribution in [-0.4, -0.2) is 43.4 Å². The Bertz CT molecular complexity index is 587. The minimum Gasteiger partial charge on any atom is -0.351 e. The normalized spacial score (nSPS) is 11.2. The van der Waals surface area contributed by atoms with Crippen LogP contribution in [-0.2, 0) is 20.8 Å². The van der Waals surface area contributed by atoms with E-state index in [1.54, 1.807) is 6.92 Å². The topological polar surface area (TPSA) is 113 Å². The lowest BCUT2D eigenvalue weighted by Gasteiger charge is -2.18. The summed E-state index contributed by atoms with van der Waals surface area (Å²) in [4.78, 5) is 35.4. The summed E-state index contributed by atoms with van der Waals surface area (Å²) in [6.45, 7) is 5.44. The minimum absolute atomic E-state index is 0.171. The van der Waals surface area contributed by atoms with Crippen LogP contribution in [0.3, 0.4) is 0 Å². The highest BCUT2D eigenvalue weighted by Crippen LogP contribution is 2.03. The van der Waals surface area contributed by atoms with Gasteiger partial charge in [-0.25, -0.2) is 0 Å². The Labute approximate surface area is 141 Å². The Morgan fingerprint density at radius 3 is 2.33 bits per heavy atom. The Balaban J connectivity index is 2.61. The predicted octanol–water partition coefficient (Wildman–Crippen LogP) is -0.519. The standard InChI is InChI=1S/C17H24N4O3/c1-12(2)10-19-16(23)11-20-17(24)14(21-15(22)9-18)8-13-6-4-3-5-7-13/h3-7,14H,1,8-11,18H2,2H3,(H,19,23)(H,20,24)(H,21,22). The molecule has 130 valence electrons. The number of benzene rings is 1. The van der Waals surface area contributed by atoms with Crippen LogP contribution in [0.5, 0.6) is 0 Å². The molecule has 7 heteroatoms. The Hall–Kier alpha value is -2.67. The molecule has 1 aromatic carbocycles. The van der Waals surface area contributed by atoms with Crippen LogP contribution in [0.1, 0.15) is 12.5 Å². The molecule has 0 heterocycles. The molecule has 1 atom stereocenters. The number of rotatable bonds is 9. The van der Waals surface area contributed by atoms with E-state index in [4.69, 9.17) is 5.73 Å². The van der Waals surface area contributed by atoms with Crippen LogP contribution in [0.15, 0.2) is 42.5 Å². The highest BCUT2D eigenvalue weighted by Gasteiger charge is 2.21. The van der Waals surface area contributed by atoms with Gasteiger partial charge >= 0.3 is 0 Å². The molecular weight excluding hydrogens is 308 g/mol. The first-order chi connectivity index (χ1) is 11.4. The summed E-state index contributed by atoms with van der Waals surface area (Å²) in [6.07, 6.45) is 0.311. The predicted molar refractivity (Wildman–Crippen MR) is 92.0 cm³/mol. The molecule has 24 heavy (non-hydrogen) atoms. The van der Waals surface area contributed by atoms with Crippen molar-refractivity contribution in [1.82, 2.24) is 16.0 Å². The van der Waals surface area contributed by atoms with Crippen molar-refractivity contribution in [2.75, 3.05) is 19.6 Å². The van der Waals surface area contributed by atoms with Gasteiger partial charge in [-0.3, -0.25) is 14.4 Å². The molecule has 0 aromatic heterocycles. The highest BCUT2D eigenvalue weighted by molar-refractivity contribution is 5.91. The lowest BCUT2D eigenvalue weighted by molar-refractivity contribution is -0.129. The molecule has 5 N–H and O–H groups in total. The van der Waals surface area contributed by atoms with E-state index < -0.39 is 17.9 Å². The average molecular weight is 332 g/mol. The Morgan fingerprint density at radius 2 is 1.75 bits per heavy atom. The molecule has 1 rings (SSSR count). The van der Waals surface area contributed by atoms with Gasteiger partial charge in [-0.15, -0.1) is 0 Å². The fourth-order valence-electron chi connectivity index (χ4n) is 1.91. The fourth-order valence-corrected chi connectivity index (χ4v) is 1.91. The van der Waals surface area contributed by atoms with Crippen molar-refractivity contribution >= 4 is 17.7 Å². The van der Waals surface area contributed by atoms with E-state index in [0.717, 1.165) is 11.1 Å². The molecule has 0 saturated carbocycles. The summed E-state index contributed by atoms with van der Waals surface area (Å²) in [5.74, 6) is -1.20. The lowest BCUT2D eigenvalue weighted by Crippen LogP contribution is -2.51. The van der Waals surface area contributed by atoms with Gasteiger partial charge in [0.1, 0.15) is 6.04 Å². The van der Waals surface area contributed by atoms with Crippen molar-refractivity contribution in [3.05, 3.63) is 48.0 Å². The average Bonchev–Trinajstić information content (AvgIpc) is 2.57. The maximum absolute atomic E-state index is 12.3. The molecule has 7 nitrogen and oxygen atoms in total. The van der Waals surface area contributed by atoms with Gasteiger partial charge in [0.2, 0.25) is 17.7 Å². The van der Waals surface area contributed by atoms with E-state index in [2.05, 4.69) is 22.5 Å². The number of hydrogen-bond donors (Lipinski definition) is 4. The third kappa shape index (κ3) is 7.55. The maximum atomic E-state index is 12.3. The quantitative estimate of drug-likeness (QED) is 0.456. The van der Waals surface area contributed by atoms with Crippen LogP contribution in [0, 0.1) is 0 Å². The molecule has 1 aromatic rings. The van der Waals surface area contributed by atoms with Gasteiger partial charge < -0.3 is 21.7 Å². The smallest absolute Gasteiger partial charge is 0.243 e. The van der Waals surface area contributed by atoms with Crippen molar-refractivity contribution < 1.29 is 14.4 Å². The van der Waals surface area contributed by atoms with Crippen molar-refractivity contribution in [2.45, 2.75) is 19.4 Å². The van der Waals surface area contributed by atoms with Crippen molar-refractivity contribution in [3.63, 3.8) is 0 Å². The molecule has 0 aliphatic carbocycles. The summed E-state index contributed by atoms with van der Waals surface area (Å²) in [6, 6.07) is 8.48. The number of carbonyl (C=O) groups is 3. The van der Waals surface area contributed by atoms with Crippen LogP contribution in [0.4, 0.5) is 0 Å². The van der Waals surface area contributed by atoms with Gasteiger partial charge in [0, 0.05) is 13.0 Å². The summed E-state index contributed by atoms with van der Waals surface area (Å²) in [5.41, 5.74) is 6.99. The molecule has 0 aliphatic heterocycles. The minimum atomic E-state index is -0.794. The summed E-state index contributed by atoms with van der Waals surface area (Å²) in [7, 11) is 0. The zero-order valence-corrected chi connectivity index (χ0v) is 13.8. The van der Waals surface area contributed by atoms with E-state index in [9.17, 15) is 14.4 Å². The van der Waals surface area contributed by atoms with Crippen LogP contribution >= 0.6 is 0 Å². The molecule has 0 radical (unpaired) electrons. The summed E-state index contributed by atoms with van der Waals surface area (Å²) < 4.78 is 0.